The molecule has 4 nitrogen and oxygen atoms in total. The molecule has 1 N–H and O–H groups in total. The van der Waals surface area contributed by atoms with Crippen molar-refractivity contribution in [1.82, 2.24) is 15.3 Å². The van der Waals surface area contributed by atoms with Crippen LogP contribution in [-0.2, 0) is 0 Å². The topological polar surface area (TPSA) is 41.0 Å². The third-order valence-corrected chi connectivity index (χ3v) is 3.22. The number of fused-ring (bicyclic) bond motifs is 1. The molecule has 0 amide bonds. The Kier molecular flexibility index (Phi) is 4.32. The maximum Gasteiger partial charge on any atom is 0.150 e. The van der Waals surface area contributed by atoms with Crippen molar-refractivity contribution < 1.29 is 0 Å². The monoisotopic (exact) mass is 258 g/mol. The number of aryl methyl sites for hydroxylation is 1. The summed E-state index contributed by atoms with van der Waals surface area (Å²) in [5.41, 5.74) is 2.90. The minimum Gasteiger partial charge on any atom is -0.358 e. The Bertz CT molecular complexity index is 553. The molecule has 0 aliphatic rings. The maximum absolute atomic E-state index is 4.73. The number of aromatic nitrogens is 2. The van der Waals surface area contributed by atoms with E-state index in [1.165, 1.54) is 0 Å². The molecule has 102 valence electrons. The normalized spacial score (nSPS) is 12.6. The Hall–Kier alpha value is -1.68. The van der Waals surface area contributed by atoms with Gasteiger partial charge in [-0.2, -0.15) is 0 Å². The van der Waals surface area contributed by atoms with E-state index in [2.05, 4.69) is 29.2 Å². The number of para-hydroxylation sites is 2. The molecule has 19 heavy (non-hydrogen) atoms. The van der Waals surface area contributed by atoms with Gasteiger partial charge in [-0.15, -0.1) is 0 Å². The van der Waals surface area contributed by atoms with Gasteiger partial charge >= 0.3 is 0 Å². The summed E-state index contributed by atoms with van der Waals surface area (Å²) < 4.78 is 0. The Morgan fingerprint density at radius 1 is 1.21 bits per heavy atom. The van der Waals surface area contributed by atoms with Crippen molar-refractivity contribution in [2.75, 3.05) is 32.1 Å². The van der Waals surface area contributed by atoms with Crippen molar-refractivity contribution >= 4 is 16.9 Å². The Morgan fingerprint density at radius 2 is 1.84 bits per heavy atom. The fraction of sp³-hybridized carbons (Fsp3) is 0.467. The molecule has 1 aromatic heterocycles. The highest BCUT2D eigenvalue weighted by Crippen LogP contribution is 2.19. The summed E-state index contributed by atoms with van der Waals surface area (Å²) in [6.45, 7) is 6.23. The second-order valence-corrected chi connectivity index (χ2v) is 5.16. The van der Waals surface area contributed by atoms with Gasteiger partial charge in [-0.05, 0) is 38.6 Å². The van der Waals surface area contributed by atoms with E-state index in [1.54, 1.807) is 0 Å². The van der Waals surface area contributed by atoms with Crippen molar-refractivity contribution in [3.63, 3.8) is 0 Å². The molecule has 4 heteroatoms. The van der Waals surface area contributed by atoms with Gasteiger partial charge in [0, 0.05) is 13.6 Å². The van der Waals surface area contributed by atoms with Crippen LogP contribution in [0.3, 0.4) is 0 Å². The fourth-order valence-electron chi connectivity index (χ4n) is 2.41. The number of nitrogens with one attached hydrogen (secondary N) is 1. The van der Waals surface area contributed by atoms with E-state index in [4.69, 9.17) is 4.98 Å². The fourth-order valence-corrected chi connectivity index (χ4v) is 2.41. The molecule has 1 aromatic carbocycles. The number of benzene rings is 1. The van der Waals surface area contributed by atoms with Crippen molar-refractivity contribution in [2.45, 2.75) is 13.8 Å². The number of nitrogens with zero attached hydrogens (tertiary/aromatic N) is 3. The van der Waals surface area contributed by atoms with Crippen LogP contribution in [0.5, 0.6) is 0 Å². The Balaban J connectivity index is 2.26. The molecule has 2 rings (SSSR count). The van der Waals surface area contributed by atoms with E-state index in [-0.39, 0.29) is 0 Å². The number of hydrogen-bond donors (Lipinski definition) is 1. The first kappa shape index (κ1) is 13.7. The van der Waals surface area contributed by atoms with E-state index >= 15 is 0 Å². The molecule has 1 heterocycles. The Labute approximate surface area is 114 Å². The van der Waals surface area contributed by atoms with Gasteiger partial charge in [0.15, 0.2) is 5.82 Å². The number of anilines is 1. The molecule has 0 fully saturated rings. The number of rotatable bonds is 5. The third-order valence-electron chi connectivity index (χ3n) is 3.22. The molecular weight excluding hydrogens is 236 g/mol. The molecule has 1 atom stereocenters. The summed E-state index contributed by atoms with van der Waals surface area (Å²) in [5, 5.41) is 3.21. The van der Waals surface area contributed by atoms with Crippen molar-refractivity contribution in [3.05, 3.63) is 30.0 Å². The lowest BCUT2D eigenvalue weighted by molar-refractivity contribution is 0.540. The van der Waals surface area contributed by atoms with Gasteiger partial charge in [0.2, 0.25) is 0 Å². The molecule has 0 saturated heterocycles. The summed E-state index contributed by atoms with van der Waals surface area (Å²) in [6.07, 6.45) is 0. The first-order valence-corrected chi connectivity index (χ1v) is 6.71. The van der Waals surface area contributed by atoms with Crippen molar-refractivity contribution in [2.24, 2.45) is 5.92 Å². The van der Waals surface area contributed by atoms with E-state index in [0.29, 0.717) is 5.92 Å². The lowest BCUT2D eigenvalue weighted by Crippen LogP contribution is -2.30. The van der Waals surface area contributed by atoms with Crippen LogP contribution in [0.4, 0.5) is 5.82 Å². The highest BCUT2D eigenvalue weighted by atomic mass is 15.2. The van der Waals surface area contributed by atoms with Crippen LogP contribution < -0.4 is 10.2 Å². The van der Waals surface area contributed by atoms with E-state index < -0.39 is 0 Å². The standard InChI is InChI=1S/C15H22N4/c1-11(9-16-3)10-19(4)15-12(2)17-13-7-5-6-8-14(13)18-15/h5-8,11,16H,9-10H2,1-4H3. The van der Waals surface area contributed by atoms with E-state index in [1.807, 2.05) is 38.2 Å². The zero-order valence-corrected chi connectivity index (χ0v) is 12.1. The molecule has 1 unspecified atom stereocenters. The van der Waals surface area contributed by atoms with Gasteiger partial charge in [0.1, 0.15) is 0 Å². The van der Waals surface area contributed by atoms with Crippen LogP contribution in [-0.4, -0.2) is 37.2 Å². The van der Waals surface area contributed by atoms with Crippen LogP contribution in [0.25, 0.3) is 11.0 Å². The van der Waals surface area contributed by atoms with Gasteiger partial charge in [-0.1, -0.05) is 19.1 Å². The highest BCUT2D eigenvalue weighted by Gasteiger charge is 2.12. The van der Waals surface area contributed by atoms with Crippen LogP contribution in [0.1, 0.15) is 12.6 Å². The third kappa shape index (κ3) is 3.20. The van der Waals surface area contributed by atoms with Crippen LogP contribution in [0.15, 0.2) is 24.3 Å². The molecule has 0 bridgehead atoms. The summed E-state index contributed by atoms with van der Waals surface area (Å²) in [6, 6.07) is 8.01. The van der Waals surface area contributed by atoms with Crippen LogP contribution in [0.2, 0.25) is 0 Å². The molecular formula is C15H22N4. The maximum atomic E-state index is 4.73. The summed E-state index contributed by atoms with van der Waals surface area (Å²) in [4.78, 5) is 11.6. The van der Waals surface area contributed by atoms with Crippen molar-refractivity contribution in [3.8, 4) is 0 Å². The van der Waals surface area contributed by atoms with Gasteiger partial charge < -0.3 is 10.2 Å². The lowest BCUT2D eigenvalue weighted by Gasteiger charge is -2.23. The van der Waals surface area contributed by atoms with Gasteiger partial charge in [-0.3, -0.25) is 0 Å². The van der Waals surface area contributed by atoms with Crippen molar-refractivity contribution in [1.29, 1.82) is 0 Å². The second-order valence-electron chi connectivity index (χ2n) is 5.16. The van der Waals surface area contributed by atoms with Crippen LogP contribution in [0, 0.1) is 12.8 Å². The average Bonchev–Trinajstić information content (AvgIpc) is 2.38. The molecule has 2 aromatic rings. The first-order chi connectivity index (χ1) is 9.11. The lowest BCUT2D eigenvalue weighted by atomic mass is 10.1. The summed E-state index contributed by atoms with van der Waals surface area (Å²) >= 11 is 0. The molecule has 0 aliphatic carbocycles. The SMILES string of the molecule is CNCC(C)CN(C)c1nc2ccccc2nc1C. The molecule has 0 radical (unpaired) electrons. The summed E-state index contributed by atoms with van der Waals surface area (Å²) in [5.74, 6) is 1.55. The van der Waals surface area contributed by atoms with Gasteiger partial charge in [0.25, 0.3) is 0 Å². The zero-order chi connectivity index (χ0) is 13.8. The predicted octanol–water partition coefficient (Wildman–Crippen LogP) is 2.23. The van der Waals surface area contributed by atoms with E-state index in [9.17, 15) is 0 Å². The van der Waals surface area contributed by atoms with E-state index in [0.717, 1.165) is 35.6 Å². The Morgan fingerprint density at radius 3 is 2.47 bits per heavy atom. The molecule has 0 aliphatic heterocycles. The highest BCUT2D eigenvalue weighted by molar-refractivity contribution is 5.76. The largest absolute Gasteiger partial charge is 0.358 e. The predicted molar refractivity (Wildman–Crippen MR) is 80.6 cm³/mol. The summed E-state index contributed by atoms with van der Waals surface area (Å²) in [7, 11) is 4.07. The van der Waals surface area contributed by atoms with Crippen LogP contribution >= 0.6 is 0 Å². The smallest absolute Gasteiger partial charge is 0.150 e. The minimum absolute atomic E-state index is 0.572. The minimum atomic E-state index is 0.572. The average molecular weight is 258 g/mol. The number of hydrogen-bond acceptors (Lipinski definition) is 4. The quantitative estimate of drug-likeness (QED) is 0.893. The first-order valence-electron chi connectivity index (χ1n) is 6.71. The van der Waals surface area contributed by atoms with Gasteiger partial charge in [-0.25, -0.2) is 9.97 Å². The van der Waals surface area contributed by atoms with Gasteiger partial charge in [0.05, 0.1) is 16.7 Å². The molecule has 0 spiro atoms. The zero-order valence-electron chi connectivity index (χ0n) is 12.1. The second kappa shape index (κ2) is 5.97. The molecule has 0 saturated carbocycles.